The molecule has 4 rings (SSSR count). The van der Waals surface area contributed by atoms with Gasteiger partial charge >= 0.3 is 0 Å². The molecule has 1 amide bonds. The predicted octanol–water partition coefficient (Wildman–Crippen LogP) is 6.35. The average molecular weight is 421 g/mol. The number of hydrogen-bond donors (Lipinski definition) is 1. The van der Waals surface area contributed by atoms with Crippen LogP contribution in [0.5, 0.6) is 5.75 Å². The lowest BCUT2D eigenvalue weighted by Crippen LogP contribution is -2.14. The molecule has 1 N–H and O–H groups in total. The van der Waals surface area contributed by atoms with Gasteiger partial charge in [-0.15, -0.1) is 0 Å². The zero-order valence-corrected chi connectivity index (χ0v) is 16.9. The molecular formula is C24H18ClFN2O2. The summed E-state index contributed by atoms with van der Waals surface area (Å²) >= 11 is 5.80. The van der Waals surface area contributed by atoms with E-state index in [0.29, 0.717) is 28.8 Å². The molecule has 0 fully saturated rings. The lowest BCUT2D eigenvalue weighted by atomic mass is 10.0. The molecule has 0 aliphatic rings. The second-order valence-electron chi connectivity index (χ2n) is 6.61. The summed E-state index contributed by atoms with van der Waals surface area (Å²) < 4.78 is 19.6. The fourth-order valence-corrected chi connectivity index (χ4v) is 3.34. The zero-order chi connectivity index (χ0) is 21.1. The largest absolute Gasteiger partial charge is 0.494 e. The van der Waals surface area contributed by atoms with Crippen LogP contribution in [0.1, 0.15) is 17.3 Å². The number of carbonyl (C=O) groups excluding carboxylic acids is 1. The minimum Gasteiger partial charge on any atom is -0.494 e. The Morgan fingerprint density at radius 2 is 1.83 bits per heavy atom. The Kier molecular flexibility index (Phi) is 5.63. The first-order chi connectivity index (χ1) is 14.5. The van der Waals surface area contributed by atoms with Crippen molar-refractivity contribution < 1.29 is 13.9 Å². The van der Waals surface area contributed by atoms with Gasteiger partial charge < -0.3 is 10.1 Å². The summed E-state index contributed by atoms with van der Waals surface area (Å²) in [6.07, 6.45) is 0. The number of nitrogens with one attached hydrogen (secondary N) is 1. The number of ether oxygens (including phenoxy) is 1. The van der Waals surface area contributed by atoms with Crippen LogP contribution in [0.2, 0.25) is 5.02 Å². The third kappa shape index (κ3) is 4.11. The lowest BCUT2D eigenvalue weighted by Gasteiger charge is -2.12. The van der Waals surface area contributed by atoms with Gasteiger partial charge in [-0.25, -0.2) is 9.37 Å². The summed E-state index contributed by atoms with van der Waals surface area (Å²) in [5.41, 5.74) is 2.62. The van der Waals surface area contributed by atoms with Crippen molar-refractivity contribution in [3.63, 3.8) is 0 Å². The van der Waals surface area contributed by atoms with E-state index in [1.807, 2.05) is 55.5 Å². The van der Waals surface area contributed by atoms with Gasteiger partial charge in [0.2, 0.25) is 0 Å². The van der Waals surface area contributed by atoms with Crippen molar-refractivity contribution in [3.8, 4) is 17.0 Å². The summed E-state index contributed by atoms with van der Waals surface area (Å²) in [6, 6.07) is 20.7. The maximum atomic E-state index is 14.2. The topological polar surface area (TPSA) is 51.2 Å². The zero-order valence-electron chi connectivity index (χ0n) is 16.2. The summed E-state index contributed by atoms with van der Waals surface area (Å²) in [5.74, 6) is -0.263. The minimum atomic E-state index is -0.596. The molecule has 1 aromatic heterocycles. The number of rotatable bonds is 5. The van der Waals surface area contributed by atoms with Gasteiger partial charge in [0.25, 0.3) is 5.91 Å². The first-order valence-corrected chi connectivity index (χ1v) is 9.82. The van der Waals surface area contributed by atoms with Gasteiger partial charge in [0, 0.05) is 16.0 Å². The van der Waals surface area contributed by atoms with E-state index >= 15 is 0 Å². The van der Waals surface area contributed by atoms with Crippen molar-refractivity contribution in [2.45, 2.75) is 6.92 Å². The summed E-state index contributed by atoms with van der Waals surface area (Å²) in [6.45, 7) is 2.51. The van der Waals surface area contributed by atoms with Gasteiger partial charge in [-0.1, -0.05) is 29.8 Å². The van der Waals surface area contributed by atoms with Gasteiger partial charge in [0.15, 0.2) is 0 Å². The maximum absolute atomic E-state index is 14.2. The molecule has 0 bridgehead atoms. The number of amides is 1. The monoisotopic (exact) mass is 420 g/mol. The molecule has 0 aliphatic heterocycles. The molecule has 0 aliphatic carbocycles. The van der Waals surface area contributed by atoms with Crippen molar-refractivity contribution >= 4 is 34.1 Å². The van der Waals surface area contributed by atoms with Gasteiger partial charge in [0.1, 0.15) is 11.6 Å². The molecule has 4 aromatic rings. The van der Waals surface area contributed by atoms with Crippen LogP contribution in [0.4, 0.5) is 10.1 Å². The summed E-state index contributed by atoms with van der Waals surface area (Å²) in [4.78, 5) is 17.7. The van der Waals surface area contributed by atoms with E-state index in [1.165, 1.54) is 12.1 Å². The van der Waals surface area contributed by atoms with Gasteiger partial charge in [0.05, 0.1) is 29.1 Å². The van der Waals surface area contributed by atoms with Crippen LogP contribution in [-0.2, 0) is 0 Å². The quantitative estimate of drug-likeness (QED) is 0.409. The Morgan fingerprint density at radius 1 is 1.07 bits per heavy atom. The smallest absolute Gasteiger partial charge is 0.256 e. The van der Waals surface area contributed by atoms with Crippen LogP contribution in [0, 0.1) is 5.82 Å². The van der Waals surface area contributed by atoms with Crippen molar-refractivity contribution in [1.29, 1.82) is 0 Å². The van der Waals surface area contributed by atoms with Crippen molar-refractivity contribution in [3.05, 3.63) is 89.2 Å². The number of para-hydroxylation sites is 1. The second kappa shape index (κ2) is 8.51. The molecule has 30 heavy (non-hydrogen) atoms. The number of nitrogens with zero attached hydrogens (tertiary/aromatic N) is 1. The highest BCUT2D eigenvalue weighted by atomic mass is 35.5. The highest BCUT2D eigenvalue weighted by molar-refractivity contribution is 6.30. The Morgan fingerprint density at radius 3 is 2.57 bits per heavy atom. The van der Waals surface area contributed by atoms with Crippen LogP contribution in [-0.4, -0.2) is 17.5 Å². The highest BCUT2D eigenvalue weighted by Gasteiger charge is 2.16. The summed E-state index contributed by atoms with van der Waals surface area (Å²) in [5, 5.41) is 3.57. The van der Waals surface area contributed by atoms with E-state index in [9.17, 15) is 9.18 Å². The molecule has 0 atom stereocenters. The number of fused-ring (bicyclic) bond motifs is 1. The SMILES string of the molecule is CCOc1ccc(-c2cc(C(=O)Nc3ccc(Cl)cc3F)c3ccccc3n2)cc1. The van der Waals surface area contributed by atoms with E-state index < -0.39 is 11.7 Å². The van der Waals surface area contributed by atoms with Crippen molar-refractivity contribution in [1.82, 2.24) is 4.98 Å². The first kappa shape index (κ1) is 19.9. The number of anilines is 1. The number of halogens is 2. The van der Waals surface area contributed by atoms with Crippen molar-refractivity contribution in [2.75, 3.05) is 11.9 Å². The van der Waals surface area contributed by atoms with E-state index in [4.69, 9.17) is 16.3 Å². The van der Waals surface area contributed by atoms with Crippen molar-refractivity contribution in [2.24, 2.45) is 0 Å². The van der Waals surface area contributed by atoms with Gasteiger partial charge in [-0.05, 0) is 61.5 Å². The molecule has 0 radical (unpaired) electrons. The van der Waals surface area contributed by atoms with Gasteiger partial charge in [-0.3, -0.25) is 4.79 Å². The predicted molar refractivity (Wildman–Crippen MR) is 118 cm³/mol. The molecule has 150 valence electrons. The maximum Gasteiger partial charge on any atom is 0.256 e. The Hall–Kier alpha value is -3.44. The van der Waals surface area contributed by atoms with Crippen LogP contribution in [0.25, 0.3) is 22.2 Å². The van der Waals surface area contributed by atoms with E-state index in [-0.39, 0.29) is 10.7 Å². The highest BCUT2D eigenvalue weighted by Crippen LogP contribution is 2.27. The first-order valence-electron chi connectivity index (χ1n) is 9.44. The molecule has 3 aromatic carbocycles. The van der Waals surface area contributed by atoms with Crippen LogP contribution in [0.3, 0.4) is 0 Å². The fourth-order valence-electron chi connectivity index (χ4n) is 3.18. The number of carbonyl (C=O) groups is 1. The van der Waals surface area contributed by atoms with Crippen LogP contribution < -0.4 is 10.1 Å². The number of pyridine rings is 1. The van der Waals surface area contributed by atoms with Crippen LogP contribution in [0.15, 0.2) is 72.8 Å². The second-order valence-corrected chi connectivity index (χ2v) is 7.04. The minimum absolute atomic E-state index is 0.0629. The molecule has 1 heterocycles. The average Bonchev–Trinajstić information content (AvgIpc) is 2.75. The molecule has 4 nitrogen and oxygen atoms in total. The molecule has 0 saturated carbocycles. The normalized spacial score (nSPS) is 10.8. The molecule has 0 unspecified atom stereocenters. The molecule has 0 spiro atoms. The van der Waals surface area contributed by atoms with Gasteiger partial charge in [-0.2, -0.15) is 0 Å². The van der Waals surface area contributed by atoms with Crippen LogP contribution >= 0.6 is 11.6 Å². The standard InChI is InChI=1S/C24H18ClFN2O2/c1-2-30-17-10-7-15(8-11-17)23-14-19(18-5-3-4-6-21(18)27-23)24(29)28-22-12-9-16(25)13-20(22)26/h3-14H,2H2,1H3,(H,28,29). The molecule has 6 heteroatoms. The third-order valence-electron chi connectivity index (χ3n) is 4.60. The van der Waals surface area contributed by atoms with E-state index in [1.54, 1.807) is 6.07 Å². The number of hydrogen-bond acceptors (Lipinski definition) is 3. The fraction of sp³-hybridized carbons (Fsp3) is 0.0833. The molecule has 0 saturated heterocycles. The summed E-state index contributed by atoms with van der Waals surface area (Å²) in [7, 11) is 0. The number of benzene rings is 3. The third-order valence-corrected chi connectivity index (χ3v) is 4.84. The number of aromatic nitrogens is 1. The lowest BCUT2D eigenvalue weighted by molar-refractivity contribution is 0.102. The van der Waals surface area contributed by atoms with E-state index in [2.05, 4.69) is 10.3 Å². The van der Waals surface area contributed by atoms with E-state index in [0.717, 1.165) is 17.4 Å². The Balaban J connectivity index is 1.75. The Labute approximate surface area is 178 Å². The molecular weight excluding hydrogens is 403 g/mol. The Bertz CT molecular complexity index is 1230.